The molecule has 6 aromatic carbocycles. The molecule has 242 valence electrons. The van der Waals surface area contributed by atoms with Crippen molar-refractivity contribution in [3.8, 4) is 67.5 Å². The second kappa shape index (κ2) is 12.6. The number of para-hydroxylation sites is 4. The van der Waals surface area contributed by atoms with Crippen molar-refractivity contribution in [2.75, 3.05) is 0 Å². The Hall–Kier alpha value is -6.85. The molecule has 0 aliphatic rings. The first-order chi connectivity index (χ1) is 25.1. The minimum atomic E-state index is -0.395. The summed E-state index contributed by atoms with van der Waals surface area (Å²) >= 11 is 0. The number of aromatic hydroxyl groups is 1. The molecule has 9 aromatic rings. The Morgan fingerprint density at radius 2 is 1.14 bits per heavy atom. The first-order valence-electron chi connectivity index (χ1n) is 16.8. The summed E-state index contributed by atoms with van der Waals surface area (Å²) < 4.78 is 18.2. The number of rotatable bonds is 6. The molecule has 0 unspecified atom stereocenters. The number of hydrogen-bond donors (Lipinski definition) is 1. The van der Waals surface area contributed by atoms with E-state index in [2.05, 4.69) is 77.4 Å². The zero-order chi connectivity index (χ0) is 34.3. The van der Waals surface area contributed by atoms with E-state index in [1.807, 2.05) is 79.0 Å². The second-order valence-electron chi connectivity index (χ2n) is 12.5. The molecule has 3 heterocycles. The van der Waals surface area contributed by atoms with Gasteiger partial charge in [0.15, 0.2) is 0 Å². The summed E-state index contributed by atoms with van der Waals surface area (Å²) in [6.45, 7) is 0. The number of hydrogen-bond acceptors (Lipinski definition) is 3. The van der Waals surface area contributed by atoms with Crippen LogP contribution >= 0.6 is 0 Å². The molecular weight excluding hydrogens is 630 g/mol. The van der Waals surface area contributed by atoms with Crippen molar-refractivity contribution in [3.05, 3.63) is 182 Å². The third kappa shape index (κ3) is 5.42. The molecular formula is C46H30FN3O. The van der Waals surface area contributed by atoms with E-state index in [1.165, 1.54) is 16.8 Å². The van der Waals surface area contributed by atoms with E-state index in [-0.39, 0.29) is 5.75 Å². The SMILES string of the molecule is Oc1ccccc1-c1cc(-c2ccccc2)cc(-c2cc(-c3cc(-c4cccc5c6ccccc6n(-c6ccccc6)c45)ccn3)ccc2F)n1. The molecule has 3 aromatic heterocycles. The van der Waals surface area contributed by atoms with Crippen LogP contribution in [0.3, 0.4) is 0 Å². The summed E-state index contributed by atoms with van der Waals surface area (Å²) in [6.07, 6.45) is 1.81. The first kappa shape index (κ1) is 30.2. The first-order valence-corrected chi connectivity index (χ1v) is 16.8. The predicted molar refractivity (Wildman–Crippen MR) is 205 cm³/mol. The Morgan fingerprint density at radius 1 is 0.471 bits per heavy atom. The average molecular weight is 660 g/mol. The molecule has 1 N–H and O–H groups in total. The maximum atomic E-state index is 15.8. The molecule has 0 aliphatic carbocycles. The van der Waals surface area contributed by atoms with Crippen molar-refractivity contribution < 1.29 is 9.50 Å². The minimum absolute atomic E-state index is 0.109. The highest BCUT2D eigenvalue weighted by Gasteiger charge is 2.18. The fraction of sp³-hybridized carbons (Fsp3) is 0. The summed E-state index contributed by atoms with van der Waals surface area (Å²) in [6, 6.07) is 55.3. The van der Waals surface area contributed by atoms with Gasteiger partial charge in [-0.1, -0.05) is 97.1 Å². The highest BCUT2D eigenvalue weighted by atomic mass is 19.1. The van der Waals surface area contributed by atoms with Gasteiger partial charge in [-0.2, -0.15) is 0 Å². The van der Waals surface area contributed by atoms with Crippen molar-refractivity contribution in [3.63, 3.8) is 0 Å². The van der Waals surface area contributed by atoms with Crippen molar-refractivity contribution in [2.24, 2.45) is 0 Å². The van der Waals surface area contributed by atoms with Gasteiger partial charge >= 0.3 is 0 Å². The molecule has 5 heteroatoms. The van der Waals surface area contributed by atoms with Gasteiger partial charge in [-0.05, 0) is 89.5 Å². The largest absolute Gasteiger partial charge is 0.507 e. The van der Waals surface area contributed by atoms with Crippen LogP contribution in [0.25, 0.3) is 83.5 Å². The molecule has 0 atom stereocenters. The van der Waals surface area contributed by atoms with Gasteiger partial charge in [-0.3, -0.25) is 4.98 Å². The maximum absolute atomic E-state index is 15.8. The van der Waals surface area contributed by atoms with Crippen molar-refractivity contribution in [1.82, 2.24) is 14.5 Å². The van der Waals surface area contributed by atoms with E-state index >= 15 is 4.39 Å². The summed E-state index contributed by atoms with van der Waals surface area (Å²) in [5, 5.41) is 13.1. The molecule has 51 heavy (non-hydrogen) atoms. The zero-order valence-electron chi connectivity index (χ0n) is 27.4. The molecule has 0 saturated carbocycles. The molecule has 0 fully saturated rings. The van der Waals surface area contributed by atoms with Crippen LogP contribution in [0.4, 0.5) is 4.39 Å². The third-order valence-corrected chi connectivity index (χ3v) is 9.43. The lowest BCUT2D eigenvalue weighted by Crippen LogP contribution is -1.96. The highest BCUT2D eigenvalue weighted by Crippen LogP contribution is 2.40. The van der Waals surface area contributed by atoms with Gasteiger partial charge in [0.25, 0.3) is 0 Å². The van der Waals surface area contributed by atoms with E-state index in [0.29, 0.717) is 28.2 Å². The Morgan fingerprint density at radius 3 is 1.96 bits per heavy atom. The van der Waals surface area contributed by atoms with Gasteiger partial charge in [0, 0.05) is 44.9 Å². The van der Waals surface area contributed by atoms with Crippen LogP contribution in [-0.2, 0) is 0 Å². The van der Waals surface area contributed by atoms with Crippen LogP contribution < -0.4 is 0 Å². The van der Waals surface area contributed by atoms with Crippen LogP contribution in [-0.4, -0.2) is 19.6 Å². The molecule has 4 nitrogen and oxygen atoms in total. The fourth-order valence-electron chi connectivity index (χ4n) is 7.03. The summed E-state index contributed by atoms with van der Waals surface area (Å²) in [4.78, 5) is 9.65. The summed E-state index contributed by atoms with van der Waals surface area (Å²) in [5.41, 5.74) is 10.7. The summed E-state index contributed by atoms with van der Waals surface area (Å²) in [5.74, 6) is -0.286. The lowest BCUT2D eigenvalue weighted by atomic mass is 9.97. The van der Waals surface area contributed by atoms with Crippen LogP contribution in [0.5, 0.6) is 5.75 Å². The van der Waals surface area contributed by atoms with Crippen molar-refractivity contribution >= 4 is 21.8 Å². The van der Waals surface area contributed by atoms with Gasteiger partial charge in [-0.25, -0.2) is 9.37 Å². The second-order valence-corrected chi connectivity index (χ2v) is 12.5. The Balaban J connectivity index is 1.20. The molecule has 0 amide bonds. The number of aromatic nitrogens is 3. The fourth-order valence-corrected chi connectivity index (χ4v) is 7.03. The smallest absolute Gasteiger partial charge is 0.132 e. The molecule has 9 rings (SSSR count). The lowest BCUT2D eigenvalue weighted by Gasteiger charge is -2.14. The molecule has 0 spiro atoms. The number of nitrogens with zero attached hydrogens (tertiary/aromatic N) is 3. The monoisotopic (exact) mass is 659 g/mol. The van der Waals surface area contributed by atoms with Crippen molar-refractivity contribution in [1.29, 1.82) is 0 Å². The molecule has 0 bridgehead atoms. The Bertz CT molecular complexity index is 2720. The van der Waals surface area contributed by atoms with Gasteiger partial charge in [0.2, 0.25) is 0 Å². The number of halogens is 1. The molecule has 0 saturated heterocycles. The van der Waals surface area contributed by atoms with E-state index in [4.69, 9.17) is 9.97 Å². The Labute approximate surface area is 294 Å². The van der Waals surface area contributed by atoms with Crippen LogP contribution in [0.15, 0.2) is 176 Å². The van der Waals surface area contributed by atoms with Gasteiger partial charge in [0.1, 0.15) is 11.6 Å². The number of fused-ring (bicyclic) bond motifs is 3. The normalized spacial score (nSPS) is 11.3. The number of phenols is 1. The predicted octanol–water partition coefficient (Wildman–Crippen LogP) is 11.8. The maximum Gasteiger partial charge on any atom is 0.132 e. The zero-order valence-corrected chi connectivity index (χ0v) is 27.4. The number of benzene rings is 6. The van der Waals surface area contributed by atoms with Crippen LogP contribution in [0.2, 0.25) is 0 Å². The minimum Gasteiger partial charge on any atom is -0.507 e. The van der Waals surface area contributed by atoms with E-state index in [9.17, 15) is 5.11 Å². The third-order valence-electron chi connectivity index (χ3n) is 9.43. The van der Waals surface area contributed by atoms with E-state index in [1.54, 1.807) is 18.2 Å². The van der Waals surface area contributed by atoms with Crippen LogP contribution in [0.1, 0.15) is 0 Å². The molecule has 0 radical (unpaired) electrons. The highest BCUT2D eigenvalue weighted by molar-refractivity contribution is 6.13. The topological polar surface area (TPSA) is 50.9 Å². The standard InChI is InChI=1S/C46H30FN3O/c47-40-23-22-32(26-39(40)43-29-33(30-12-3-1-4-13-30)28-42(49-43)38-17-8-10-21-45(38)51)41-27-31(24-25-48-41)35-18-11-19-37-36-16-7-9-20-44(36)50(46(35)37)34-14-5-2-6-15-34/h1-29,51H. The number of phenolic OH excluding ortho intramolecular Hbond substituents is 1. The summed E-state index contributed by atoms with van der Waals surface area (Å²) in [7, 11) is 0. The van der Waals surface area contributed by atoms with Gasteiger partial charge in [-0.15, -0.1) is 0 Å². The van der Waals surface area contributed by atoms with Gasteiger partial charge < -0.3 is 9.67 Å². The van der Waals surface area contributed by atoms with E-state index < -0.39 is 5.82 Å². The Kier molecular flexibility index (Phi) is 7.44. The average Bonchev–Trinajstić information content (AvgIpc) is 3.53. The van der Waals surface area contributed by atoms with Crippen molar-refractivity contribution in [2.45, 2.75) is 0 Å². The molecule has 0 aliphatic heterocycles. The lowest BCUT2D eigenvalue weighted by molar-refractivity contribution is 0.477. The van der Waals surface area contributed by atoms with Gasteiger partial charge in [0.05, 0.1) is 28.1 Å². The van der Waals surface area contributed by atoms with E-state index in [0.717, 1.165) is 44.5 Å². The quantitative estimate of drug-likeness (QED) is 0.193. The van der Waals surface area contributed by atoms with Crippen LogP contribution in [0, 0.1) is 5.82 Å². The number of pyridine rings is 2.